The van der Waals surface area contributed by atoms with Crippen molar-refractivity contribution in [3.05, 3.63) is 18.5 Å². The van der Waals surface area contributed by atoms with Crippen molar-refractivity contribution in [2.75, 3.05) is 44.3 Å². The van der Waals surface area contributed by atoms with Gasteiger partial charge in [-0.25, -0.2) is 4.98 Å². The molecule has 128 valence electrons. The Morgan fingerprint density at radius 1 is 1.25 bits per heavy atom. The third-order valence-corrected chi connectivity index (χ3v) is 5.99. The van der Waals surface area contributed by atoms with Crippen molar-refractivity contribution in [2.45, 2.75) is 19.3 Å². The summed E-state index contributed by atoms with van der Waals surface area (Å²) in [4.78, 5) is 25.5. The summed E-state index contributed by atoms with van der Waals surface area (Å²) in [6, 6.07) is 2.02. The van der Waals surface area contributed by atoms with Crippen LogP contribution in [0.1, 0.15) is 19.3 Å². The van der Waals surface area contributed by atoms with Crippen molar-refractivity contribution in [3.63, 3.8) is 0 Å². The molecule has 2 aliphatic heterocycles. The van der Waals surface area contributed by atoms with E-state index in [1.165, 1.54) is 4.70 Å². The number of fused-ring (bicyclic) bond motifs is 1. The lowest BCUT2D eigenvalue weighted by atomic mass is 9.93. The number of anilines is 1. The third-order valence-electron chi connectivity index (χ3n) is 4.89. The second kappa shape index (κ2) is 7.03. The molecule has 2 aliphatic rings. The average molecular weight is 346 g/mol. The number of amides is 1. The normalized spacial score (nSPS) is 19.8. The monoisotopic (exact) mass is 346 g/mol. The number of ether oxygens (including phenoxy) is 1. The van der Waals surface area contributed by atoms with E-state index < -0.39 is 0 Å². The molecule has 0 radical (unpaired) electrons. The quantitative estimate of drug-likeness (QED) is 0.852. The molecular formula is C17H22N4O2S. The van der Waals surface area contributed by atoms with E-state index in [9.17, 15) is 4.79 Å². The van der Waals surface area contributed by atoms with Crippen molar-refractivity contribution in [1.29, 1.82) is 0 Å². The molecule has 24 heavy (non-hydrogen) atoms. The minimum absolute atomic E-state index is 0.294. The SMILES string of the molecule is O=C(CC1CCN(c2nc3cnccc3s2)CC1)N1CCOCC1. The maximum Gasteiger partial charge on any atom is 0.223 e. The zero-order chi connectivity index (χ0) is 16.4. The average Bonchev–Trinajstić information content (AvgIpc) is 3.07. The molecule has 2 aromatic heterocycles. The van der Waals surface area contributed by atoms with Crippen molar-refractivity contribution in [1.82, 2.24) is 14.9 Å². The van der Waals surface area contributed by atoms with Crippen molar-refractivity contribution < 1.29 is 9.53 Å². The standard InChI is InChI=1S/C17H22N4O2S/c22-16(20-7-9-23-10-8-20)11-13-2-5-21(6-3-13)17-19-14-12-18-4-1-15(14)24-17/h1,4,12-13H,2-3,5-11H2. The number of aromatic nitrogens is 2. The molecule has 7 heteroatoms. The summed E-state index contributed by atoms with van der Waals surface area (Å²) < 4.78 is 6.50. The fraction of sp³-hybridized carbons (Fsp3) is 0.588. The van der Waals surface area contributed by atoms with E-state index in [2.05, 4.69) is 14.9 Å². The van der Waals surface area contributed by atoms with Gasteiger partial charge in [0.15, 0.2) is 5.13 Å². The molecule has 2 aromatic rings. The van der Waals surface area contributed by atoms with E-state index in [4.69, 9.17) is 4.74 Å². The highest BCUT2D eigenvalue weighted by Gasteiger charge is 2.26. The Morgan fingerprint density at radius 3 is 2.79 bits per heavy atom. The summed E-state index contributed by atoms with van der Waals surface area (Å²) in [6.07, 6.45) is 6.43. The fourth-order valence-corrected chi connectivity index (χ4v) is 4.40. The summed E-state index contributed by atoms with van der Waals surface area (Å²) in [5, 5.41) is 1.08. The van der Waals surface area contributed by atoms with Gasteiger partial charge in [-0.3, -0.25) is 9.78 Å². The number of pyridine rings is 1. The van der Waals surface area contributed by atoms with E-state index >= 15 is 0 Å². The zero-order valence-corrected chi connectivity index (χ0v) is 14.5. The van der Waals surface area contributed by atoms with Gasteiger partial charge >= 0.3 is 0 Å². The maximum absolute atomic E-state index is 12.4. The first-order chi connectivity index (χ1) is 11.8. The molecule has 0 unspecified atom stereocenters. The number of nitrogens with zero attached hydrogens (tertiary/aromatic N) is 4. The van der Waals surface area contributed by atoms with Crippen molar-refractivity contribution >= 4 is 32.6 Å². The minimum atomic E-state index is 0.294. The molecule has 2 fully saturated rings. The Kier molecular flexibility index (Phi) is 4.62. The van der Waals surface area contributed by atoms with Gasteiger partial charge in [0.05, 0.1) is 24.1 Å². The molecule has 0 aromatic carbocycles. The number of hydrogen-bond acceptors (Lipinski definition) is 6. The molecule has 4 rings (SSSR count). The van der Waals surface area contributed by atoms with Gasteiger partial charge in [0.2, 0.25) is 5.91 Å². The number of piperidine rings is 1. The van der Waals surface area contributed by atoms with Crippen LogP contribution in [0.15, 0.2) is 18.5 Å². The summed E-state index contributed by atoms with van der Waals surface area (Å²) in [5.41, 5.74) is 0.974. The molecule has 0 atom stereocenters. The lowest BCUT2D eigenvalue weighted by Gasteiger charge is -2.33. The topological polar surface area (TPSA) is 58.6 Å². The van der Waals surface area contributed by atoms with E-state index in [0.717, 1.165) is 49.7 Å². The number of carbonyl (C=O) groups is 1. The summed E-state index contributed by atoms with van der Waals surface area (Å²) in [5.74, 6) is 0.787. The van der Waals surface area contributed by atoms with Gasteiger partial charge in [0, 0.05) is 38.8 Å². The van der Waals surface area contributed by atoms with Crippen molar-refractivity contribution in [3.8, 4) is 0 Å². The highest BCUT2D eigenvalue weighted by atomic mass is 32.1. The molecule has 0 bridgehead atoms. The molecule has 6 nitrogen and oxygen atoms in total. The van der Waals surface area contributed by atoms with Gasteiger partial charge in [-0.15, -0.1) is 0 Å². The Hall–Kier alpha value is -1.73. The first-order valence-corrected chi connectivity index (χ1v) is 9.42. The zero-order valence-electron chi connectivity index (χ0n) is 13.7. The van der Waals surface area contributed by atoms with E-state index in [1.54, 1.807) is 11.3 Å². The lowest BCUT2D eigenvalue weighted by Crippen LogP contribution is -2.42. The first kappa shape index (κ1) is 15.8. The first-order valence-electron chi connectivity index (χ1n) is 8.60. The van der Waals surface area contributed by atoms with E-state index in [0.29, 0.717) is 31.5 Å². The predicted molar refractivity (Wildman–Crippen MR) is 94.4 cm³/mol. The molecule has 1 amide bonds. The minimum Gasteiger partial charge on any atom is -0.378 e. The van der Waals surface area contributed by atoms with Crippen LogP contribution >= 0.6 is 11.3 Å². The van der Waals surface area contributed by atoms with Crippen LogP contribution in [0.3, 0.4) is 0 Å². The lowest BCUT2D eigenvalue weighted by molar-refractivity contribution is -0.136. The molecule has 0 spiro atoms. The number of rotatable bonds is 3. The van der Waals surface area contributed by atoms with Crippen LogP contribution in [0.5, 0.6) is 0 Å². The van der Waals surface area contributed by atoms with Gasteiger partial charge in [-0.2, -0.15) is 0 Å². The van der Waals surface area contributed by atoms with E-state index in [-0.39, 0.29) is 0 Å². The van der Waals surface area contributed by atoms with Gasteiger partial charge < -0.3 is 14.5 Å². The Labute approximate surface area is 145 Å². The van der Waals surface area contributed by atoms with Gasteiger partial charge in [0.1, 0.15) is 5.52 Å². The van der Waals surface area contributed by atoms with Crippen LogP contribution < -0.4 is 4.90 Å². The molecule has 0 saturated carbocycles. The van der Waals surface area contributed by atoms with Crippen LogP contribution in [-0.2, 0) is 9.53 Å². The van der Waals surface area contributed by atoms with Gasteiger partial charge in [-0.1, -0.05) is 11.3 Å². The molecule has 4 heterocycles. The Balaban J connectivity index is 1.32. The number of hydrogen-bond donors (Lipinski definition) is 0. The summed E-state index contributed by atoms with van der Waals surface area (Å²) in [7, 11) is 0. The second-order valence-corrected chi connectivity index (χ2v) is 7.48. The summed E-state index contributed by atoms with van der Waals surface area (Å²) >= 11 is 1.73. The van der Waals surface area contributed by atoms with E-state index in [1.807, 2.05) is 23.4 Å². The highest BCUT2D eigenvalue weighted by molar-refractivity contribution is 7.22. The molecule has 2 saturated heterocycles. The number of thiazole rings is 1. The largest absolute Gasteiger partial charge is 0.378 e. The molecule has 0 aliphatic carbocycles. The highest BCUT2D eigenvalue weighted by Crippen LogP contribution is 2.31. The smallest absolute Gasteiger partial charge is 0.223 e. The van der Waals surface area contributed by atoms with Gasteiger partial charge in [-0.05, 0) is 24.8 Å². The predicted octanol–water partition coefficient (Wildman–Crippen LogP) is 2.16. The fourth-order valence-electron chi connectivity index (χ4n) is 3.42. The van der Waals surface area contributed by atoms with Crippen LogP contribution in [0.2, 0.25) is 0 Å². The van der Waals surface area contributed by atoms with Crippen LogP contribution in [0.25, 0.3) is 10.2 Å². The van der Waals surface area contributed by atoms with Crippen LogP contribution in [-0.4, -0.2) is 60.2 Å². The van der Waals surface area contributed by atoms with Crippen molar-refractivity contribution in [2.24, 2.45) is 5.92 Å². The van der Waals surface area contributed by atoms with Crippen LogP contribution in [0.4, 0.5) is 5.13 Å². The molecule has 0 N–H and O–H groups in total. The Bertz CT molecular complexity index is 672. The van der Waals surface area contributed by atoms with Gasteiger partial charge in [0.25, 0.3) is 0 Å². The van der Waals surface area contributed by atoms with Crippen LogP contribution in [0, 0.1) is 5.92 Å². The second-order valence-electron chi connectivity index (χ2n) is 6.47. The summed E-state index contributed by atoms with van der Waals surface area (Å²) in [6.45, 7) is 4.81. The maximum atomic E-state index is 12.4. The number of morpholine rings is 1. The third kappa shape index (κ3) is 3.37. The molecular weight excluding hydrogens is 324 g/mol. The Morgan fingerprint density at radius 2 is 2.04 bits per heavy atom. The number of carbonyl (C=O) groups excluding carboxylic acids is 1.